The summed E-state index contributed by atoms with van der Waals surface area (Å²) in [7, 11) is 0. The number of rotatable bonds is 6. The quantitative estimate of drug-likeness (QED) is 0.824. The van der Waals surface area contributed by atoms with Crippen molar-refractivity contribution in [2.75, 3.05) is 6.54 Å². The minimum Gasteiger partial charge on any atom is -0.305 e. The fourth-order valence-electron chi connectivity index (χ4n) is 2.59. The average Bonchev–Trinajstić information content (AvgIpc) is 2.83. The van der Waals surface area contributed by atoms with Crippen molar-refractivity contribution in [3.63, 3.8) is 0 Å². The molecule has 1 unspecified atom stereocenters. The normalized spacial score (nSPS) is 12.9. The SMILES string of the molecule is CCCNC(c1ccccc1C)c1c(Br)cnn1C(C)C. The maximum Gasteiger partial charge on any atom is 0.0762 e. The van der Waals surface area contributed by atoms with Crippen molar-refractivity contribution >= 4 is 15.9 Å². The van der Waals surface area contributed by atoms with Gasteiger partial charge in [0, 0.05) is 6.04 Å². The number of hydrogen-bond acceptors (Lipinski definition) is 2. The first-order valence-corrected chi connectivity index (χ1v) is 8.37. The number of nitrogens with one attached hydrogen (secondary N) is 1. The molecule has 21 heavy (non-hydrogen) atoms. The summed E-state index contributed by atoms with van der Waals surface area (Å²) < 4.78 is 3.16. The molecular formula is C17H24BrN3. The van der Waals surface area contributed by atoms with Crippen LogP contribution in [0.5, 0.6) is 0 Å². The minimum absolute atomic E-state index is 0.158. The average molecular weight is 350 g/mol. The third kappa shape index (κ3) is 3.55. The number of aryl methyl sites for hydroxylation is 1. The summed E-state index contributed by atoms with van der Waals surface area (Å²) in [5.41, 5.74) is 3.82. The minimum atomic E-state index is 0.158. The smallest absolute Gasteiger partial charge is 0.0762 e. The molecular weight excluding hydrogens is 326 g/mol. The maximum atomic E-state index is 4.53. The van der Waals surface area contributed by atoms with Crippen LogP contribution >= 0.6 is 15.9 Å². The van der Waals surface area contributed by atoms with Crippen LogP contribution in [0, 0.1) is 6.92 Å². The zero-order valence-electron chi connectivity index (χ0n) is 13.2. The predicted molar refractivity (Wildman–Crippen MR) is 91.6 cm³/mol. The topological polar surface area (TPSA) is 29.9 Å². The number of halogens is 1. The first-order chi connectivity index (χ1) is 10.1. The molecule has 0 spiro atoms. The van der Waals surface area contributed by atoms with Crippen LogP contribution in [0.1, 0.15) is 56.1 Å². The van der Waals surface area contributed by atoms with E-state index in [4.69, 9.17) is 0 Å². The van der Waals surface area contributed by atoms with Gasteiger partial charge in [-0.15, -0.1) is 0 Å². The Bertz CT molecular complexity index is 589. The van der Waals surface area contributed by atoms with E-state index >= 15 is 0 Å². The van der Waals surface area contributed by atoms with Gasteiger partial charge in [0.05, 0.1) is 22.4 Å². The fourth-order valence-corrected chi connectivity index (χ4v) is 3.09. The second-order valence-corrected chi connectivity index (χ2v) is 6.51. The van der Waals surface area contributed by atoms with Crippen molar-refractivity contribution in [1.82, 2.24) is 15.1 Å². The molecule has 1 aromatic carbocycles. The number of benzene rings is 1. The highest BCUT2D eigenvalue weighted by Crippen LogP contribution is 2.31. The van der Waals surface area contributed by atoms with E-state index in [1.54, 1.807) is 0 Å². The Balaban J connectivity index is 2.51. The third-order valence-electron chi connectivity index (χ3n) is 3.65. The number of hydrogen-bond donors (Lipinski definition) is 1. The van der Waals surface area contributed by atoms with Crippen LogP contribution in [0.25, 0.3) is 0 Å². The molecule has 0 aliphatic rings. The van der Waals surface area contributed by atoms with Gasteiger partial charge in [-0.2, -0.15) is 5.10 Å². The highest BCUT2D eigenvalue weighted by molar-refractivity contribution is 9.10. The molecule has 0 radical (unpaired) electrons. The van der Waals surface area contributed by atoms with E-state index < -0.39 is 0 Å². The van der Waals surface area contributed by atoms with Gasteiger partial charge in [-0.25, -0.2) is 0 Å². The lowest BCUT2D eigenvalue weighted by atomic mass is 9.98. The fraction of sp³-hybridized carbons (Fsp3) is 0.471. The van der Waals surface area contributed by atoms with E-state index in [-0.39, 0.29) is 6.04 Å². The van der Waals surface area contributed by atoms with Crippen LogP contribution < -0.4 is 5.32 Å². The van der Waals surface area contributed by atoms with Gasteiger partial charge in [0.25, 0.3) is 0 Å². The molecule has 4 heteroatoms. The monoisotopic (exact) mass is 349 g/mol. The van der Waals surface area contributed by atoms with Gasteiger partial charge in [-0.3, -0.25) is 4.68 Å². The zero-order valence-corrected chi connectivity index (χ0v) is 14.8. The van der Waals surface area contributed by atoms with Crippen molar-refractivity contribution in [1.29, 1.82) is 0 Å². The van der Waals surface area contributed by atoms with Crippen LogP contribution in [0.2, 0.25) is 0 Å². The van der Waals surface area contributed by atoms with E-state index in [1.807, 2.05) is 6.20 Å². The number of nitrogens with zero attached hydrogens (tertiary/aromatic N) is 2. The van der Waals surface area contributed by atoms with Crippen molar-refractivity contribution in [2.24, 2.45) is 0 Å². The molecule has 1 N–H and O–H groups in total. The van der Waals surface area contributed by atoms with Crippen LogP contribution in [0.4, 0.5) is 0 Å². The molecule has 2 rings (SSSR count). The Morgan fingerprint density at radius 3 is 2.62 bits per heavy atom. The molecule has 3 nitrogen and oxygen atoms in total. The molecule has 2 aromatic rings. The molecule has 0 aliphatic carbocycles. The van der Waals surface area contributed by atoms with Crippen LogP contribution in [0.3, 0.4) is 0 Å². The van der Waals surface area contributed by atoms with E-state index in [1.165, 1.54) is 16.8 Å². The molecule has 0 bridgehead atoms. The van der Waals surface area contributed by atoms with Crippen LogP contribution in [-0.2, 0) is 0 Å². The van der Waals surface area contributed by atoms with Crippen molar-refractivity contribution in [3.8, 4) is 0 Å². The van der Waals surface area contributed by atoms with Gasteiger partial charge >= 0.3 is 0 Å². The summed E-state index contributed by atoms with van der Waals surface area (Å²) in [6.07, 6.45) is 3.00. The molecule has 114 valence electrons. The summed E-state index contributed by atoms with van der Waals surface area (Å²) >= 11 is 3.68. The zero-order chi connectivity index (χ0) is 15.4. The lowest BCUT2D eigenvalue weighted by molar-refractivity contribution is 0.470. The Morgan fingerprint density at radius 2 is 2.00 bits per heavy atom. The lowest BCUT2D eigenvalue weighted by Gasteiger charge is -2.24. The Hall–Kier alpha value is -1.13. The van der Waals surface area contributed by atoms with Crippen LogP contribution in [-0.4, -0.2) is 16.3 Å². The summed E-state index contributed by atoms with van der Waals surface area (Å²) in [4.78, 5) is 0. The van der Waals surface area contributed by atoms with Gasteiger partial charge in [0.2, 0.25) is 0 Å². The largest absolute Gasteiger partial charge is 0.305 e. The lowest BCUT2D eigenvalue weighted by Crippen LogP contribution is -2.27. The highest BCUT2D eigenvalue weighted by Gasteiger charge is 2.23. The van der Waals surface area contributed by atoms with Crippen molar-refractivity contribution in [3.05, 3.63) is 51.8 Å². The second-order valence-electron chi connectivity index (χ2n) is 5.66. The highest BCUT2D eigenvalue weighted by atomic mass is 79.9. The Morgan fingerprint density at radius 1 is 1.29 bits per heavy atom. The second kappa shape index (κ2) is 7.23. The maximum absolute atomic E-state index is 4.53. The summed E-state index contributed by atoms with van der Waals surface area (Å²) in [5.74, 6) is 0. The third-order valence-corrected chi connectivity index (χ3v) is 4.26. The van der Waals surface area contributed by atoms with E-state index in [2.05, 4.69) is 83.0 Å². The van der Waals surface area contributed by atoms with Gasteiger partial charge in [0.15, 0.2) is 0 Å². The van der Waals surface area contributed by atoms with E-state index in [9.17, 15) is 0 Å². The summed E-state index contributed by atoms with van der Waals surface area (Å²) in [5, 5.41) is 8.20. The Labute approximate surface area is 135 Å². The molecule has 0 fully saturated rings. The molecule has 1 aromatic heterocycles. The molecule has 0 saturated carbocycles. The molecule has 0 amide bonds. The van der Waals surface area contributed by atoms with Crippen LogP contribution in [0.15, 0.2) is 34.9 Å². The first kappa shape index (κ1) is 16.2. The van der Waals surface area contributed by atoms with Crippen molar-refractivity contribution in [2.45, 2.75) is 46.2 Å². The summed E-state index contributed by atoms with van der Waals surface area (Å²) in [6, 6.07) is 9.05. The molecule has 1 heterocycles. The predicted octanol–water partition coefficient (Wildman–Crippen LogP) is 4.62. The Kier molecular flexibility index (Phi) is 5.59. The van der Waals surface area contributed by atoms with Gasteiger partial charge < -0.3 is 5.32 Å². The molecule has 0 aliphatic heterocycles. The first-order valence-electron chi connectivity index (χ1n) is 7.58. The van der Waals surface area contributed by atoms with Gasteiger partial charge in [-0.1, -0.05) is 31.2 Å². The van der Waals surface area contributed by atoms with Gasteiger partial charge in [0.1, 0.15) is 0 Å². The standard InChI is InChI=1S/C17H24BrN3/c1-5-10-19-16(14-9-7-6-8-13(14)4)17-15(18)11-20-21(17)12(2)3/h6-9,11-12,16,19H,5,10H2,1-4H3. The van der Waals surface area contributed by atoms with Crippen molar-refractivity contribution < 1.29 is 0 Å². The number of aromatic nitrogens is 2. The summed E-state index contributed by atoms with van der Waals surface area (Å²) in [6.45, 7) is 9.67. The molecule has 1 atom stereocenters. The molecule has 0 saturated heterocycles. The van der Waals surface area contributed by atoms with E-state index in [0.717, 1.165) is 17.4 Å². The van der Waals surface area contributed by atoms with Gasteiger partial charge in [-0.05, 0) is 60.8 Å². The van der Waals surface area contributed by atoms with E-state index in [0.29, 0.717) is 6.04 Å².